The number of nitrogens with zero attached hydrogens (tertiary/aromatic N) is 2. The molecule has 2 aromatic heterocycles. The summed E-state index contributed by atoms with van der Waals surface area (Å²) in [4.78, 5) is 25.1. The first-order chi connectivity index (χ1) is 10.9. The number of aromatic nitrogens is 2. The standard InChI is InChI=1S/2C3H3NS.2C2HF3O2.Pt/c2*1-2-5-3-4-1;2*3-2(4,5)1(6)7;/h2*1-3H;2*(H,6,7);/q;;;;+2/p-2. The Bertz CT molecular complexity index is 464. The van der Waals surface area contributed by atoms with Crippen LogP contribution < -0.4 is 10.2 Å². The van der Waals surface area contributed by atoms with Crippen molar-refractivity contribution < 1.29 is 67.2 Å². The van der Waals surface area contributed by atoms with E-state index in [1.807, 2.05) is 10.8 Å². The van der Waals surface area contributed by atoms with Gasteiger partial charge in [0.1, 0.15) is 11.9 Å². The Morgan fingerprint density at radius 3 is 1.04 bits per heavy atom. The Morgan fingerprint density at radius 1 is 0.760 bits per heavy atom. The van der Waals surface area contributed by atoms with E-state index in [1.54, 1.807) is 46.1 Å². The monoisotopic (exact) mass is 591 g/mol. The van der Waals surface area contributed by atoms with Gasteiger partial charge in [0.2, 0.25) is 0 Å². The molecular formula is C10H6F6N2O4PtS2. The van der Waals surface area contributed by atoms with Crippen molar-refractivity contribution >= 4 is 34.6 Å². The second kappa shape index (κ2) is 14.8. The first-order valence-electron chi connectivity index (χ1n) is 5.09. The van der Waals surface area contributed by atoms with Crippen LogP contribution in [0.1, 0.15) is 0 Å². The van der Waals surface area contributed by atoms with E-state index >= 15 is 0 Å². The Kier molecular flexibility index (Phi) is 16.7. The van der Waals surface area contributed by atoms with Crippen LogP contribution in [-0.4, -0.2) is 34.3 Å². The van der Waals surface area contributed by atoms with Gasteiger partial charge in [-0.2, -0.15) is 26.3 Å². The topological polar surface area (TPSA) is 106 Å². The molecule has 2 heterocycles. The van der Waals surface area contributed by atoms with Crippen LogP contribution in [0.25, 0.3) is 0 Å². The number of thiazole rings is 2. The molecule has 0 unspecified atom stereocenters. The molecule has 0 saturated carbocycles. The van der Waals surface area contributed by atoms with Crippen molar-refractivity contribution in [3.63, 3.8) is 0 Å². The molecule has 0 amide bonds. The number of aliphatic carboxylic acids is 2. The van der Waals surface area contributed by atoms with E-state index in [1.165, 1.54) is 0 Å². The fourth-order valence-corrected chi connectivity index (χ4v) is 1.05. The number of halogens is 6. The molecule has 0 saturated heterocycles. The molecule has 25 heavy (non-hydrogen) atoms. The summed E-state index contributed by atoms with van der Waals surface area (Å²) in [5, 5.41) is 21.4. The minimum Gasteiger partial charge on any atom is -0.542 e. The average Bonchev–Trinajstić information content (AvgIpc) is 3.16. The van der Waals surface area contributed by atoms with Gasteiger partial charge < -0.3 is 19.8 Å². The van der Waals surface area contributed by atoms with Gasteiger partial charge in [-0.15, -0.1) is 22.7 Å². The Morgan fingerprint density at radius 2 is 1.00 bits per heavy atom. The number of hydrogen-bond acceptors (Lipinski definition) is 8. The normalized spacial score (nSPS) is 9.52. The molecule has 0 aliphatic rings. The smallest absolute Gasteiger partial charge is 0.542 e. The predicted molar refractivity (Wildman–Crippen MR) is 66.4 cm³/mol. The molecule has 0 aliphatic heterocycles. The van der Waals surface area contributed by atoms with Crippen molar-refractivity contribution in [3.8, 4) is 0 Å². The Hall–Kier alpha value is -1.53. The number of alkyl halides is 6. The molecule has 0 fully saturated rings. The van der Waals surface area contributed by atoms with Crippen LogP contribution in [0.4, 0.5) is 26.3 Å². The van der Waals surface area contributed by atoms with E-state index in [9.17, 15) is 26.3 Å². The van der Waals surface area contributed by atoms with Crippen molar-refractivity contribution in [2.75, 3.05) is 0 Å². The zero-order chi connectivity index (χ0) is 19.2. The molecule has 2 aromatic rings. The van der Waals surface area contributed by atoms with Gasteiger partial charge >= 0.3 is 33.4 Å². The second-order valence-electron chi connectivity index (χ2n) is 2.92. The number of carbonyl (C=O) groups is 2. The summed E-state index contributed by atoms with van der Waals surface area (Å²) in [6, 6.07) is 0. The van der Waals surface area contributed by atoms with E-state index in [4.69, 9.17) is 19.8 Å². The quantitative estimate of drug-likeness (QED) is 0.422. The van der Waals surface area contributed by atoms with Crippen molar-refractivity contribution in [3.05, 3.63) is 34.2 Å². The molecule has 0 N–H and O–H groups in total. The van der Waals surface area contributed by atoms with Crippen LogP contribution in [0.15, 0.2) is 34.2 Å². The van der Waals surface area contributed by atoms with Crippen molar-refractivity contribution in [2.24, 2.45) is 0 Å². The van der Waals surface area contributed by atoms with Crippen LogP contribution in [0.2, 0.25) is 0 Å². The fraction of sp³-hybridized carbons (Fsp3) is 0.200. The third kappa shape index (κ3) is 22.5. The molecule has 0 bridgehead atoms. The minimum absolute atomic E-state index is 0. The minimum atomic E-state index is -5.19. The van der Waals surface area contributed by atoms with Crippen LogP contribution in [0, 0.1) is 0 Å². The van der Waals surface area contributed by atoms with Gasteiger partial charge in [-0.05, 0) is 0 Å². The average molecular weight is 591 g/mol. The van der Waals surface area contributed by atoms with E-state index < -0.39 is 24.3 Å². The van der Waals surface area contributed by atoms with Crippen LogP contribution in [0.3, 0.4) is 0 Å². The van der Waals surface area contributed by atoms with E-state index in [2.05, 4.69) is 9.97 Å². The van der Waals surface area contributed by atoms with Gasteiger partial charge in [0, 0.05) is 23.2 Å². The number of rotatable bonds is 0. The van der Waals surface area contributed by atoms with Gasteiger partial charge in [-0.3, -0.25) is 9.97 Å². The maximum atomic E-state index is 10.5. The van der Waals surface area contributed by atoms with Gasteiger partial charge in [-0.25, -0.2) is 0 Å². The van der Waals surface area contributed by atoms with E-state index in [0.717, 1.165) is 0 Å². The van der Waals surface area contributed by atoms with Crippen LogP contribution in [-0.2, 0) is 30.7 Å². The van der Waals surface area contributed by atoms with Gasteiger partial charge in [0.05, 0.1) is 11.0 Å². The summed E-state index contributed by atoms with van der Waals surface area (Å²) >= 11 is 3.20. The summed E-state index contributed by atoms with van der Waals surface area (Å²) < 4.78 is 63.1. The third-order valence-electron chi connectivity index (χ3n) is 1.16. The van der Waals surface area contributed by atoms with E-state index in [0.29, 0.717) is 0 Å². The van der Waals surface area contributed by atoms with Crippen LogP contribution >= 0.6 is 22.7 Å². The molecule has 6 nitrogen and oxygen atoms in total. The Labute approximate surface area is 158 Å². The molecule has 144 valence electrons. The molecule has 0 aliphatic carbocycles. The molecule has 15 heteroatoms. The zero-order valence-corrected chi connectivity index (χ0v) is 15.3. The van der Waals surface area contributed by atoms with Crippen molar-refractivity contribution in [2.45, 2.75) is 12.4 Å². The number of carboxylic acids is 2. The summed E-state index contributed by atoms with van der Waals surface area (Å²) in [5.74, 6) is -6.01. The Balaban J connectivity index is -0.000000257. The predicted octanol–water partition coefficient (Wildman–Crippen LogP) is 0.881. The molecule has 0 radical (unpaired) electrons. The van der Waals surface area contributed by atoms with Gasteiger partial charge in [-0.1, -0.05) is 0 Å². The fourth-order valence-electron chi connectivity index (χ4n) is 0.351. The summed E-state index contributed by atoms with van der Waals surface area (Å²) in [7, 11) is 0. The third-order valence-corrected chi connectivity index (χ3v) is 2.20. The summed E-state index contributed by atoms with van der Waals surface area (Å²) in [5.41, 5.74) is 3.58. The van der Waals surface area contributed by atoms with Crippen LogP contribution in [0.5, 0.6) is 0 Å². The maximum absolute atomic E-state index is 10.5. The van der Waals surface area contributed by atoms with Gasteiger partial charge in [0.15, 0.2) is 0 Å². The second-order valence-corrected chi connectivity index (χ2v) is 4.43. The SMILES string of the molecule is O=C([O-])C(F)(F)F.O=C([O-])C(F)(F)F.[Pt+2].c1cscn1.c1cscn1. The molecular weight excluding hydrogens is 585 g/mol. The van der Waals surface area contributed by atoms with Gasteiger partial charge in [0.25, 0.3) is 0 Å². The van der Waals surface area contributed by atoms with Crippen molar-refractivity contribution in [1.29, 1.82) is 0 Å². The summed E-state index contributed by atoms with van der Waals surface area (Å²) in [6.07, 6.45) is -6.85. The first kappa shape index (κ1) is 28.3. The molecule has 2 rings (SSSR count). The largest absolute Gasteiger partial charge is 2.00 e. The zero-order valence-electron chi connectivity index (χ0n) is 11.4. The van der Waals surface area contributed by atoms with E-state index in [-0.39, 0.29) is 21.1 Å². The molecule has 0 spiro atoms. The molecule has 0 atom stereocenters. The number of hydrogen-bond donors (Lipinski definition) is 0. The summed E-state index contributed by atoms with van der Waals surface area (Å²) in [6.45, 7) is 0. The molecule has 0 aromatic carbocycles. The first-order valence-corrected chi connectivity index (χ1v) is 6.98. The maximum Gasteiger partial charge on any atom is 2.00 e. The van der Waals surface area contributed by atoms with Crippen molar-refractivity contribution in [1.82, 2.24) is 9.97 Å². The number of carbonyl (C=O) groups excluding carboxylic acids is 2. The number of carboxylic acid groups (broad SMARTS) is 2.